The molecular formula is C21H28N4O2. The number of rotatable bonds is 8. The summed E-state index contributed by atoms with van der Waals surface area (Å²) in [6.45, 7) is 0.672. The molecule has 2 saturated carbocycles. The van der Waals surface area contributed by atoms with E-state index in [0.29, 0.717) is 18.9 Å². The third-order valence-electron chi connectivity index (χ3n) is 4.92. The molecule has 1 amide bonds. The average molecular weight is 368 g/mol. The maximum absolute atomic E-state index is 9.15. The predicted molar refractivity (Wildman–Crippen MR) is 107 cm³/mol. The molecule has 27 heavy (non-hydrogen) atoms. The predicted octanol–water partition coefficient (Wildman–Crippen LogP) is 3.17. The van der Waals surface area contributed by atoms with Crippen molar-refractivity contribution in [3.05, 3.63) is 59.2 Å². The van der Waals surface area contributed by atoms with Crippen LogP contribution in [0.2, 0.25) is 0 Å². The third kappa shape index (κ3) is 5.21. The molecule has 4 rings (SSSR count). The lowest BCUT2D eigenvalue weighted by molar-refractivity contribution is -0.110. The van der Waals surface area contributed by atoms with E-state index in [9.17, 15) is 0 Å². The Balaban J connectivity index is 0.000000376. The Bertz CT molecular complexity index is 758. The molecule has 0 unspecified atom stereocenters. The van der Waals surface area contributed by atoms with Gasteiger partial charge in [0.2, 0.25) is 6.41 Å². The number of carbonyl (C=O) groups excluding carboxylic acids is 1. The van der Waals surface area contributed by atoms with E-state index in [2.05, 4.69) is 53.6 Å². The van der Waals surface area contributed by atoms with Crippen LogP contribution in [0, 0.1) is 0 Å². The SMILES string of the molecule is CNc1cccc(C2CC2)c1OCc1ccccc1C1CC1.NNNC=O. The summed E-state index contributed by atoms with van der Waals surface area (Å²) in [6, 6.07) is 15.2. The molecule has 144 valence electrons. The Morgan fingerprint density at radius 1 is 1.04 bits per heavy atom. The molecule has 2 fully saturated rings. The van der Waals surface area contributed by atoms with E-state index in [1.54, 1.807) is 0 Å². The van der Waals surface area contributed by atoms with Crippen molar-refractivity contribution in [2.75, 3.05) is 12.4 Å². The van der Waals surface area contributed by atoms with E-state index in [-0.39, 0.29) is 0 Å². The lowest BCUT2D eigenvalue weighted by atomic mass is 10.0. The van der Waals surface area contributed by atoms with Crippen LogP contribution >= 0.6 is 0 Å². The molecular weight excluding hydrogens is 340 g/mol. The second-order valence-corrected chi connectivity index (χ2v) is 6.92. The number of hydrogen-bond acceptors (Lipinski definition) is 5. The van der Waals surface area contributed by atoms with Crippen molar-refractivity contribution in [2.45, 2.75) is 44.1 Å². The quantitative estimate of drug-likeness (QED) is 0.327. The highest BCUT2D eigenvalue weighted by atomic mass is 16.5. The number of hydrogen-bond donors (Lipinski definition) is 4. The summed E-state index contributed by atoms with van der Waals surface area (Å²) in [5.74, 6) is 7.06. The lowest BCUT2D eigenvalue weighted by Crippen LogP contribution is -2.36. The average Bonchev–Trinajstić information content (AvgIpc) is 3.59. The number of amides is 1. The standard InChI is InChI=1S/C20H23NO.CH5N3O/c1-21-19-8-4-7-18(15-11-12-15)20(19)22-13-16-5-2-3-6-17(16)14-9-10-14;2-4-3-1-5/h2-8,14-15,21H,9-13H2,1H3;1,4H,2H2,(H,3,5). The highest BCUT2D eigenvalue weighted by Gasteiger charge is 2.29. The largest absolute Gasteiger partial charge is 0.486 e. The zero-order valence-electron chi connectivity index (χ0n) is 15.7. The van der Waals surface area contributed by atoms with Gasteiger partial charge in [-0.1, -0.05) is 36.4 Å². The molecule has 0 aliphatic heterocycles. The monoisotopic (exact) mass is 368 g/mol. The van der Waals surface area contributed by atoms with Crippen molar-refractivity contribution < 1.29 is 9.53 Å². The van der Waals surface area contributed by atoms with Crippen molar-refractivity contribution in [3.63, 3.8) is 0 Å². The Labute approximate surface area is 160 Å². The van der Waals surface area contributed by atoms with Crippen molar-refractivity contribution in [3.8, 4) is 5.75 Å². The first-order valence-electron chi connectivity index (χ1n) is 9.44. The summed E-state index contributed by atoms with van der Waals surface area (Å²) in [5.41, 5.74) is 9.16. The number of ether oxygens (including phenoxy) is 1. The lowest BCUT2D eigenvalue weighted by Gasteiger charge is -2.17. The van der Waals surface area contributed by atoms with Gasteiger partial charge in [-0.3, -0.25) is 16.1 Å². The number of benzene rings is 2. The third-order valence-corrected chi connectivity index (χ3v) is 4.92. The first-order valence-corrected chi connectivity index (χ1v) is 9.44. The first kappa shape index (κ1) is 19.2. The van der Waals surface area contributed by atoms with Gasteiger partial charge in [0.05, 0.1) is 5.69 Å². The van der Waals surface area contributed by atoms with Crippen LogP contribution in [0.3, 0.4) is 0 Å². The van der Waals surface area contributed by atoms with E-state index in [1.807, 2.05) is 18.0 Å². The van der Waals surface area contributed by atoms with Crippen LogP contribution in [0.1, 0.15) is 54.2 Å². The highest BCUT2D eigenvalue weighted by Crippen LogP contribution is 2.47. The topological polar surface area (TPSA) is 88.4 Å². The molecule has 0 radical (unpaired) electrons. The normalized spacial score (nSPS) is 15.3. The molecule has 2 aliphatic rings. The van der Waals surface area contributed by atoms with Gasteiger partial charge in [0.15, 0.2) is 0 Å². The fraction of sp³-hybridized carbons (Fsp3) is 0.381. The minimum atomic E-state index is 0.444. The number of carbonyl (C=O) groups is 1. The number of hydrazine groups is 2. The molecule has 2 aliphatic carbocycles. The van der Waals surface area contributed by atoms with Crippen LogP contribution in [0.25, 0.3) is 0 Å². The Hall–Kier alpha value is -2.57. The first-order chi connectivity index (χ1) is 13.3. The summed E-state index contributed by atoms with van der Waals surface area (Å²) in [5, 5.41) is 3.28. The van der Waals surface area contributed by atoms with Crippen molar-refractivity contribution >= 4 is 12.1 Å². The van der Waals surface area contributed by atoms with Gasteiger partial charge >= 0.3 is 0 Å². The van der Waals surface area contributed by atoms with E-state index in [1.165, 1.54) is 42.4 Å². The van der Waals surface area contributed by atoms with Crippen molar-refractivity contribution in [2.24, 2.45) is 5.84 Å². The number of para-hydroxylation sites is 1. The zero-order chi connectivity index (χ0) is 19.1. The fourth-order valence-corrected chi connectivity index (χ4v) is 3.27. The molecule has 0 aromatic heterocycles. The summed E-state index contributed by atoms with van der Waals surface area (Å²) in [7, 11) is 1.97. The maximum atomic E-state index is 9.15. The molecule has 0 saturated heterocycles. The number of nitrogens with two attached hydrogens (primary N) is 1. The Kier molecular flexibility index (Phi) is 6.68. The summed E-state index contributed by atoms with van der Waals surface area (Å²) < 4.78 is 6.30. The summed E-state index contributed by atoms with van der Waals surface area (Å²) >= 11 is 0. The van der Waals surface area contributed by atoms with Crippen LogP contribution < -0.4 is 26.9 Å². The van der Waals surface area contributed by atoms with Gasteiger partial charge in [0.1, 0.15) is 12.4 Å². The molecule has 6 heteroatoms. The highest BCUT2D eigenvalue weighted by molar-refractivity contribution is 5.61. The van der Waals surface area contributed by atoms with Gasteiger partial charge in [-0.05, 0) is 60.3 Å². The second-order valence-electron chi connectivity index (χ2n) is 6.92. The molecule has 2 aromatic carbocycles. The molecule has 0 bridgehead atoms. The second kappa shape index (κ2) is 9.39. The molecule has 0 atom stereocenters. The molecule has 5 N–H and O–H groups in total. The molecule has 0 heterocycles. The minimum absolute atomic E-state index is 0.444. The van der Waals surface area contributed by atoms with Crippen molar-refractivity contribution in [1.29, 1.82) is 0 Å². The fourth-order valence-electron chi connectivity index (χ4n) is 3.27. The number of anilines is 1. The van der Waals surface area contributed by atoms with Crippen LogP contribution in [0.4, 0.5) is 5.69 Å². The van der Waals surface area contributed by atoms with Crippen LogP contribution in [-0.2, 0) is 11.4 Å². The molecule has 2 aromatic rings. The van der Waals surface area contributed by atoms with Gasteiger partial charge in [0, 0.05) is 7.05 Å². The summed E-state index contributed by atoms with van der Waals surface area (Å²) in [4.78, 5) is 9.15. The van der Waals surface area contributed by atoms with Gasteiger partial charge in [0.25, 0.3) is 0 Å². The van der Waals surface area contributed by atoms with Crippen LogP contribution in [0.15, 0.2) is 42.5 Å². The number of nitrogens with one attached hydrogen (secondary N) is 3. The van der Waals surface area contributed by atoms with E-state index in [0.717, 1.165) is 17.4 Å². The van der Waals surface area contributed by atoms with E-state index in [4.69, 9.17) is 9.53 Å². The molecule has 6 nitrogen and oxygen atoms in total. The maximum Gasteiger partial charge on any atom is 0.222 e. The van der Waals surface area contributed by atoms with Crippen LogP contribution in [0.5, 0.6) is 5.75 Å². The Morgan fingerprint density at radius 3 is 2.30 bits per heavy atom. The van der Waals surface area contributed by atoms with Gasteiger partial charge < -0.3 is 10.1 Å². The molecule has 0 spiro atoms. The summed E-state index contributed by atoms with van der Waals surface area (Å²) in [6.07, 6.45) is 5.69. The smallest absolute Gasteiger partial charge is 0.222 e. The van der Waals surface area contributed by atoms with Gasteiger partial charge in [-0.15, -0.1) is 0 Å². The minimum Gasteiger partial charge on any atom is -0.486 e. The van der Waals surface area contributed by atoms with Crippen LogP contribution in [-0.4, -0.2) is 13.5 Å². The van der Waals surface area contributed by atoms with Gasteiger partial charge in [-0.25, -0.2) is 0 Å². The van der Waals surface area contributed by atoms with Gasteiger partial charge in [-0.2, -0.15) is 5.53 Å². The van der Waals surface area contributed by atoms with E-state index < -0.39 is 0 Å². The Morgan fingerprint density at radius 2 is 1.70 bits per heavy atom. The van der Waals surface area contributed by atoms with E-state index >= 15 is 0 Å². The zero-order valence-corrected chi connectivity index (χ0v) is 15.7. The van der Waals surface area contributed by atoms with Crippen molar-refractivity contribution in [1.82, 2.24) is 11.0 Å².